The van der Waals surface area contributed by atoms with Crippen molar-refractivity contribution in [3.05, 3.63) is 18.3 Å². The van der Waals surface area contributed by atoms with Crippen molar-refractivity contribution in [2.24, 2.45) is 11.8 Å². The lowest BCUT2D eigenvalue weighted by Gasteiger charge is -2.35. The minimum absolute atomic E-state index is 0.822. The van der Waals surface area contributed by atoms with E-state index in [0.29, 0.717) is 0 Å². The quantitative estimate of drug-likeness (QED) is 0.870. The van der Waals surface area contributed by atoms with Crippen LogP contribution in [0.2, 0.25) is 0 Å². The van der Waals surface area contributed by atoms with Gasteiger partial charge in [-0.3, -0.25) is 0 Å². The number of piperidine rings is 1. The first kappa shape index (κ1) is 12.2. The van der Waals surface area contributed by atoms with Gasteiger partial charge in [0.05, 0.1) is 0 Å². The molecule has 0 spiro atoms. The molecule has 2 heterocycles. The third kappa shape index (κ3) is 2.90. The third-order valence-corrected chi connectivity index (χ3v) is 3.85. The van der Waals surface area contributed by atoms with Crippen LogP contribution in [0.5, 0.6) is 0 Å². The molecule has 1 saturated heterocycles. The minimum atomic E-state index is 0.822. The van der Waals surface area contributed by atoms with Crippen LogP contribution in [0.1, 0.15) is 26.7 Å². The molecule has 0 atom stereocenters. The maximum absolute atomic E-state index is 4.26. The van der Waals surface area contributed by atoms with Gasteiger partial charge in [0.25, 0.3) is 0 Å². The maximum atomic E-state index is 4.26. The van der Waals surface area contributed by atoms with Crippen LogP contribution in [0.3, 0.4) is 0 Å². The summed E-state index contributed by atoms with van der Waals surface area (Å²) in [4.78, 5) is 6.73. The van der Waals surface area contributed by atoms with Crippen molar-refractivity contribution in [3.63, 3.8) is 0 Å². The number of pyridine rings is 1. The fraction of sp³-hybridized carbons (Fsp3) is 0.643. The number of nitrogens with zero attached hydrogens (tertiary/aromatic N) is 2. The molecule has 0 aliphatic carbocycles. The summed E-state index contributed by atoms with van der Waals surface area (Å²) >= 11 is 0. The molecule has 3 heteroatoms. The number of aromatic nitrogens is 1. The van der Waals surface area contributed by atoms with Gasteiger partial charge in [0.15, 0.2) is 0 Å². The average Bonchev–Trinajstić information content (AvgIpc) is 2.39. The van der Waals surface area contributed by atoms with Crippen LogP contribution in [0.25, 0.3) is 0 Å². The van der Waals surface area contributed by atoms with E-state index in [1.807, 2.05) is 13.2 Å². The molecule has 0 aromatic carbocycles. The predicted octanol–water partition coefficient (Wildman–Crippen LogP) is 3.00. The van der Waals surface area contributed by atoms with Gasteiger partial charge in [-0.25, -0.2) is 4.98 Å². The zero-order valence-corrected chi connectivity index (χ0v) is 11.1. The Balaban J connectivity index is 2.00. The van der Waals surface area contributed by atoms with E-state index < -0.39 is 0 Å². The third-order valence-electron chi connectivity index (χ3n) is 3.85. The molecule has 1 fully saturated rings. The Hall–Kier alpha value is -1.25. The van der Waals surface area contributed by atoms with E-state index in [2.05, 4.69) is 41.2 Å². The van der Waals surface area contributed by atoms with Gasteiger partial charge in [0.1, 0.15) is 5.82 Å². The Kier molecular flexibility index (Phi) is 3.87. The Morgan fingerprint density at radius 1 is 1.35 bits per heavy atom. The molecule has 1 aromatic rings. The van der Waals surface area contributed by atoms with Crippen LogP contribution in [-0.4, -0.2) is 25.1 Å². The largest absolute Gasteiger partial charge is 0.373 e. The first-order chi connectivity index (χ1) is 8.20. The normalized spacial score (nSPS) is 17.5. The van der Waals surface area contributed by atoms with Crippen LogP contribution in [0.15, 0.2) is 18.3 Å². The summed E-state index contributed by atoms with van der Waals surface area (Å²) in [5, 5.41) is 3.10. The number of anilines is 2. The van der Waals surface area contributed by atoms with E-state index in [9.17, 15) is 0 Å². The molecule has 0 radical (unpaired) electrons. The van der Waals surface area contributed by atoms with Gasteiger partial charge in [-0.05, 0) is 30.7 Å². The van der Waals surface area contributed by atoms with E-state index in [1.165, 1.54) is 31.6 Å². The monoisotopic (exact) mass is 233 g/mol. The van der Waals surface area contributed by atoms with Gasteiger partial charge >= 0.3 is 0 Å². The maximum Gasteiger partial charge on any atom is 0.127 e. The molecular weight excluding hydrogens is 210 g/mol. The van der Waals surface area contributed by atoms with Crippen molar-refractivity contribution in [2.45, 2.75) is 26.7 Å². The van der Waals surface area contributed by atoms with E-state index >= 15 is 0 Å². The van der Waals surface area contributed by atoms with Crippen LogP contribution in [-0.2, 0) is 0 Å². The van der Waals surface area contributed by atoms with Gasteiger partial charge in [-0.2, -0.15) is 0 Å². The van der Waals surface area contributed by atoms with Crippen molar-refractivity contribution in [2.75, 3.05) is 30.4 Å². The molecule has 17 heavy (non-hydrogen) atoms. The second-order valence-corrected chi connectivity index (χ2v) is 5.22. The van der Waals surface area contributed by atoms with Gasteiger partial charge in [-0.15, -0.1) is 0 Å². The SMILES string of the molecule is CNc1cc(N2CCC(C(C)C)CC2)ccn1. The molecule has 1 aliphatic heterocycles. The van der Waals surface area contributed by atoms with Crippen LogP contribution >= 0.6 is 0 Å². The van der Waals surface area contributed by atoms with E-state index in [-0.39, 0.29) is 0 Å². The standard InChI is InChI=1S/C14H23N3/c1-11(2)12-5-8-17(9-6-12)13-4-7-16-14(10-13)15-3/h4,7,10-12H,5-6,8-9H2,1-3H3,(H,15,16). The molecular formula is C14H23N3. The lowest BCUT2D eigenvalue weighted by atomic mass is 9.86. The Bertz CT molecular complexity index is 354. The Morgan fingerprint density at radius 2 is 2.06 bits per heavy atom. The fourth-order valence-corrected chi connectivity index (χ4v) is 2.58. The topological polar surface area (TPSA) is 28.2 Å². The molecule has 94 valence electrons. The first-order valence-electron chi connectivity index (χ1n) is 6.59. The highest BCUT2D eigenvalue weighted by atomic mass is 15.1. The molecule has 1 N–H and O–H groups in total. The summed E-state index contributed by atoms with van der Waals surface area (Å²) in [6, 6.07) is 4.24. The molecule has 1 aliphatic rings. The second kappa shape index (κ2) is 5.39. The summed E-state index contributed by atoms with van der Waals surface area (Å²) in [5.41, 5.74) is 1.30. The summed E-state index contributed by atoms with van der Waals surface area (Å²) in [7, 11) is 1.91. The first-order valence-corrected chi connectivity index (χ1v) is 6.59. The smallest absolute Gasteiger partial charge is 0.127 e. The molecule has 3 nitrogen and oxygen atoms in total. The van der Waals surface area contributed by atoms with Crippen LogP contribution in [0.4, 0.5) is 11.5 Å². The van der Waals surface area contributed by atoms with Crippen molar-refractivity contribution >= 4 is 11.5 Å². The Morgan fingerprint density at radius 3 is 2.65 bits per heavy atom. The van der Waals surface area contributed by atoms with Crippen molar-refractivity contribution in [3.8, 4) is 0 Å². The van der Waals surface area contributed by atoms with Gasteiger partial charge < -0.3 is 10.2 Å². The molecule has 0 amide bonds. The molecule has 0 saturated carbocycles. The number of hydrogen-bond acceptors (Lipinski definition) is 3. The highest BCUT2D eigenvalue weighted by Crippen LogP contribution is 2.28. The minimum Gasteiger partial charge on any atom is -0.373 e. The molecule has 1 aromatic heterocycles. The van der Waals surface area contributed by atoms with E-state index in [4.69, 9.17) is 0 Å². The lowest BCUT2D eigenvalue weighted by molar-refractivity contribution is 0.311. The molecule has 0 unspecified atom stereocenters. The average molecular weight is 233 g/mol. The number of rotatable bonds is 3. The zero-order chi connectivity index (χ0) is 12.3. The Labute approximate surface area is 104 Å². The zero-order valence-electron chi connectivity index (χ0n) is 11.1. The predicted molar refractivity (Wildman–Crippen MR) is 73.6 cm³/mol. The lowest BCUT2D eigenvalue weighted by Crippen LogP contribution is -2.35. The highest BCUT2D eigenvalue weighted by molar-refractivity contribution is 5.53. The molecule has 2 rings (SSSR count). The summed E-state index contributed by atoms with van der Waals surface area (Å²) in [5.74, 6) is 2.67. The van der Waals surface area contributed by atoms with Gasteiger partial charge in [0.2, 0.25) is 0 Å². The van der Waals surface area contributed by atoms with Crippen molar-refractivity contribution in [1.29, 1.82) is 0 Å². The summed E-state index contributed by atoms with van der Waals surface area (Å²) in [6.45, 7) is 7.03. The van der Waals surface area contributed by atoms with E-state index in [1.54, 1.807) is 0 Å². The number of nitrogens with one attached hydrogen (secondary N) is 1. The fourth-order valence-electron chi connectivity index (χ4n) is 2.58. The van der Waals surface area contributed by atoms with Crippen molar-refractivity contribution < 1.29 is 0 Å². The van der Waals surface area contributed by atoms with Crippen LogP contribution < -0.4 is 10.2 Å². The van der Waals surface area contributed by atoms with Crippen molar-refractivity contribution in [1.82, 2.24) is 4.98 Å². The molecule has 0 bridgehead atoms. The summed E-state index contributed by atoms with van der Waals surface area (Å²) in [6.07, 6.45) is 4.51. The van der Waals surface area contributed by atoms with Gasteiger partial charge in [0, 0.05) is 38.1 Å². The second-order valence-electron chi connectivity index (χ2n) is 5.22. The highest BCUT2D eigenvalue weighted by Gasteiger charge is 2.21. The van der Waals surface area contributed by atoms with Crippen LogP contribution in [0, 0.1) is 11.8 Å². The van der Waals surface area contributed by atoms with Gasteiger partial charge in [-0.1, -0.05) is 13.8 Å². The van der Waals surface area contributed by atoms with E-state index in [0.717, 1.165) is 17.7 Å². The number of hydrogen-bond donors (Lipinski definition) is 1. The summed E-state index contributed by atoms with van der Waals surface area (Å²) < 4.78 is 0.